The molecule has 0 aromatic heterocycles. The summed E-state index contributed by atoms with van der Waals surface area (Å²) < 4.78 is 54.3. The molecule has 0 saturated heterocycles. The number of nitrogens with two attached hydrogens (primary N) is 1. The van der Waals surface area contributed by atoms with Crippen molar-refractivity contribution < 1.29 is 26.4 Å². The number of amides is 1. The van der Waals surface area contributed by atoms with Crippen molar-refractivity contribution in [1.82, 2.24) is 4.72 Å². The van der Waals surface area contributed by atoms with Gasteiger partial charge in [-0.3, -0.25) is 4.79 Å². The number of carbonyl (C=O) groups is 1. The van der Waals surface area contributed by atoms with Gasteiger partial charge < -0.3 is 10.1 Å². The van der Waals surface area contributed by atoms with Crippen molar-refractivity contribution in [1.29, 1.82) is 0 Å². The lowest BCUT2D eigenvalue weighted by molar-refractivity contribution is -0.118. The van der Waals surface area contributed by atoms with Gasteiger partial charge in [0.2, 0.25) is 20.0 Å². The lowest BCUT2D eigenvalue weighted by Crippen LogP contribution is -2.30. The normalized spacial score (nSPS) is 12.0. The number of hydrogen-bond acceptors (Lipinski definition) is 6. The van der Waals surface area contributed by atoms with E-state index in [-0.39, 0.29) is 22.4 Å². The Balaban J connectivity index is 1.92. The second-order valence-electron chi connectivity index (χ2n) is 6.15. The summed E-state index contributed by atoms with van der Waals surface area (Å²) in [5, 5.41) is 7.55. The number of hydrogen-bond donors (Lipinski definition) is 3. The molecule has 152 valence electrons. The quantitative estimate of drug-likeness (QED) is 0.574. The van der Waals surface area contributed by atoms with Crippen LogP contribution in [-0.2, 0) is 24.8 Å². The highest BCUT2D eigenvalue weighted by atomic mass is 32.2. The maximum absolute atomic E-state index is 12.0. The van der Waals surface area contributed by atoms with Crippen LogP contribution >= 0.6 is 0 Å². The van der Waals surface area contributed by atoms with Crippen LogP contribution in [-0.4, -0.2) is 35.4 Å². The molecular weight excluding hydrogens is 406 g/mol. The highest BCUT2D eigenvalue weighted by molar-refractivity contribution is 7.89. The van der Waals surface area contributed by atoms with E-state index in [0.717, 1.165) is 0 Å². The van der Waals surface area contributed by atoms with Gasteiger partial charge in [0.15, 0.2) is 6.61 Å². The minimum absolute atomic E-state index is 0.0660. The molecule has 0 fully saturated rings. The maximum Gasteiger partial charge on any atom is 0.262 e. The molecule has 9 nitrogen and oxygen atoms in total. The van der Waals surface area contributed by atoms with Crippen LogP contribution in [0.15, 0.2) is 58.3 Å². The first-order valence-corrected chi connectivity index (χ1v) is 11.2. The van der Waals surface area contributed by atoms with Crippen LogP contribution in [0.3, 0.4) is 0 Å². The second-order valence-corrected chi connectivity index (χ2v) is 9.43. The van der Waals surface area contributed by atoms with Crippen molar-refractivity contribution in [2.24, 2.45) is 5.14 Å². The molecule has 0 radical (unpaired) electrons. The van der Waals surface area contributed by atoms with Crippen molar-refractivity contribution in [3.63, 3.8) is 0 Å². The standard InChI is InChI=1S/C17H21N3O6S2/c1-12(2)20-28(24,25)16-9-5-14(6-10-16)26-11-17(21)19-13-3-7-15(8-4-13)27(18,22)23/h3-10,12,20H,11H2,1-2H3,(H,19,21)(H2,18,22,23). The fourth-order valence-corrected chi connectivity index (χ4v) is 3.93. The number of nitrogens with one attached hydrogen (secondary N) is 2. The number of anilines is 1. The summed E-state index contributed by atoms with van der Waals surface area (Å²) in [7, 11) is -7.40. The van der Waals surface area contributed by atoms with Gasteiger partial charge in [-0.05, 0) is 62.4 Å². The first kappa shape index (κ1) is 21.8. The molecule has 0 atom stereocenters. The van der Waals surface area contributed by atoms with Gasteiger partial charge >= 0.3 is 0 Å². The van der Waals surface area contributed by atoms with E-state index in [9.17, 15) is 21.6 Å². The predicted molar refractivity (Wildman–Crippen MR) is 104 cm³/mol. The first-order valence-electron chi connectivity index (χ1n) is 8.15. The molecule has 0 unspecified atom stereocenters. The Kier molecular flexibility index (Phi) is 6.77. The molecule has 4 N–H and O–H groups in total. The predicted octanol–water partition coefficient (Wildman–Crippen LogP) is 1.04. The van der Waals surface area contributed by atoms with Gasteiger partial charge in [0, 0.05) is 11.7 Å². The third-order valence-corrected chi connectivity index (χ3v) is 5.97. The van der Waals surface area contributed by atoms with E-state index in [1.54, 1.807) is 13.8 Å². The van der Waals surface area contributed by atoms with Crippen LogP contribution in [0.5, 0.6) is 5.75 Å². The van der Waals surface area contributed by atoms with E-state index in [1.807, 2.05) is 0 Å². The SMILES string of the molecule is CC(C)NS(=O)(=O)c1ccc(OCC(=O)Nc2ccc(S(N)(=O)=O)cc2)cc1. The third kappa shape index (κ3) is 6.30. The van der Waals surface area contributed by atoms with Crippen LogP contribution in [0.1, 0.15) is 13.8 Å². The van der Waals surface area contributed by atoms with Crippen LogP contribution in [0.4, 0.5) is 5.69 Å². The van der Waals surface area contributed by atoms with E-state index < -0.39 is 26.0 Å². The number of carbonyl (C=O) groups excluding carboxylic acids is 1. The average molecular weight is 428 g/mol. The van der Waals surface area contributed by atoms with Crippen LogP contribution in [0.2, 0.25) is 0 Å². The minimum Gasteiger partial charge on any atom is -0.484 e. The van der Waals surface area contributed by atoms with Gasteiger partial charge in [0.05, 0.1) is 9.79 Å². The lowest BCUT2D eigenvalue weighted by Gasteiger charge is -2.11. The Bertz CT molecular complexity index is 1030. The highest BCUT2D eigenvalue weighted by Gasteiger charge is 2.15. The van der Waals surface area contributed by atoms with Crippen molar-refractivity contribution in [3.8, 4) is 5.75 Å². The average Bonchev–Trinajstić information content (AvgIpc) is 2.59. The van der Waals surface area contributed by atoms with Crippen LogP contribution < -0.4 is 19.9 Å². The zero-order chi connectivity index (χ0) is 20.9. The van der Waals surface area contributed by atoms with Crippen molar-refractivity contribution in [2.45, 2.75) is 29.7 Å². The van der Waals surface area contributed by atoms with E-state index in [4.69, 9.17) is 9.88 Å². The van der Waals surface area contributed by atoms with E-state index >= 15 is 0 Å². The molecule has 2 aromatic carbocycles. The van der Waals surface area contributed by atoms with Crippen LogP contribution in [0, 0.1) is 0 Å². The molecular formula is C17H21N3O6S2. The van der Waals surface area contributed by atoms with Crippen molar-refractivity contribution in [3.05, 3.63) is 48.5 Å². The molecule has 28 heavy (non-hydrogen) atoms. The molecule has 0 aliphatic rings. The summed E-state index contributed by atoms with van der Waals surface area (Å²) in [6.07, 6.45) is 0. The molecule has 2 aromatic rings. The topological polar surface area (TPSA) is 145 Å². The van der Waals surface area contributed by atoms with Crippen molar-refractivity contribution in [2.75, 3.05) is 11.9 Å². The Morgan fingerprint density at radius 2 is 1.50 bits per heavy atom. The Morgan fingerprint density at radius 3 is 2.00 bits per heavy atom. The fraction of sp³-hybridized carbons (Fsp3) is 0.235. The van der Waals surface area contributed by atoms with Gasteiger partial charge in [-0.2, -0.15) is 0 Å². The summed E-state index contributed by atoms with van der Waals surface area (Å²) in [6, 6.07) is 10.8. The van der Waals surface area contributed by atoms with Gasteiger partial charge in [-0.15, -0.1) is 0 Å². The molecule has 0 heterocycles. The maximum atomic E-state index is 12.0. The molecule has 0 spiro atoms. The molecule has 0 aliphatic heterocycles. The first-order chi connectivity index (χ1) is 13.0. The fourth-order valence-electron chi connectivity index (χ4n) is 2.17. The largest absolute Gasteiger partial charge is 0.484 e. The summed E-state index contributed by atoms with van der Waals surface area (Å²) in [5.41, 5.74) is 0.377. The van der Waals surface area contributed by atoms with E-state index in [1.165, 1.54) is 48.5 Å². The van der Waals surface area contributed by atoms with Gasteiger partial charge in [0.1, 0.15) is 5.75 Å². The number of rotatable bonds is 8. The smallest absolute Gasteiger partial charge is 0.262 e. The third-order valence-electron chi connectivity index (χ3n) is 3.36. The van der Waals surface area contributed by atoms with E-state index in [0.29, 0.717) is 11.4 Å². The van der Waals surface area contributed by atoms with E-state index in [2.05, 4.69) is 10.0 Å². The van der Waals surface area contributed by atoms with Crippen molar-refractivity contribution >= 4 is 31.6 Å². The summed E-state index contributed by atoms with van der Waals surface area (Å²) in [6.45, 7) is 3.12. The minimum atomic E-state index is -3.80. The number of ether oxygens (including phenoxy) is 1. The zero-order valence-electron chi connectivity index (χ0n) is 15.2. The Hall–Kier alpha value is -2.47. The van der Waals surface area contributed by atoms with Gasteiger partial charge in [-0.1, -0.05) is 0 Å². The Labute approximate surface area is 164 Å². The molecule has 11 heteroatoms. The Morgan fingerprint density at radius 1 is 0.964 bits per heavy atom. The number of primary sulfonamides is 1. The molecule has 2 rings (SSSR count). The monoisotopic (exact) mass is 427 g/mol. The number of sulfonamides is 2. The zero-order valence-corrected chi connectivity index (χ0v) is 16.9. The number of benzene rings is 2. The summed E-state index contributed by atoms with van der Waals surface area (Å²) in [5.74, 6) is -0.148. The molecule has 0 saturated carbocycles. The molecule has 0 bridgehead atoms. The second kappa shape index (κ2) is 8.69. The van der Waals surface area contributed by atoms with Gasteiger partial charge in [0.25, 0.3) is 5.91 Å². The molecule has 1 amide bonds. The highest BCUT2D eigenvalue weighted by Crippen LogP contribution is 2.17. The van der Waals surface area contributed by atoms with Crippen LogP contribution in [0.25, 0.3) is 0 Å². The van der Waals surface area contributed by atoms with Gasteiger partial charge in [-0.25, -0.2) is 26.7 Å². The molecule has 0 aliphatic carbocycles. The summed E-state index contributed by atoms with van der Waals surface area (Å²) >= 11 is 0. The summed E-state index contributed by atoms with van der Waals surface area (Å²) in [4.78, 5) is 12.0. The lowest BCUT2D eigenvalue weighted by atomic mass is 10.3.